The Morgan fingerprint density at radius 3 is 1.84 bits per heavy atom. The van der Waals surface area contributed by atoms with Gasteiger partial charge < -0.3 is 31.1 Å². The van der Waals surface area contributed by atoms with Gasteiger partial charge in [-0.2, -0.15) is 0 Å². The Bertz CT molecular complexity index is 2420. The van der Waals surface area contributed by atoms with E-state index in [2.05, 4.69) is 24.9 Å². The van der Waals surface area contributed by atoms with Crippen LogP contribution in [-0.2, 0) is 0 Å². The van der Waals surface area contributed by atoms with Gasteiger partial charge in [0.1, 0.15) is 40.1 Å². The molecule has 44 heavy (non-hydrogen) atoms. The molecule has 2 aliphatic rings. The molecule has 0 unspecified atom stereocenters. The first-order valence-electron chi connectivity index (χ1n) is 13.4. The summed E-state index contributed by atoms with van der Waals surface area (Å²) in [4.78, 5) is 31.0. The van der Waals surface area contributed by atoms with Gasteiger partial charge in [-0.1, -0.05) is 48.5 Å². The van der Waals surface area contributed by atoms with Crippen molar-refractivity contribution in [1.29, 1.82) is 0 Å². The van der Waals surface area contributed by atoms with Crippen LogP contribution in [0.15, 0.2) is 79.0 Å². The highest BCUT2D eigenvalue weighted by atomic mass is 16.3. The van der Waals surface area contributed by atoms with Gasteiger partial charge in [0.05, 0.1) is 21.9 Å². The van der Waals surface area contributed by atoms with Gasteiger partial charge >= 0.3 is 0 Å². The molecule has 0 radical (unpaired) electrons. The summed E-state index contributed by atoms with van der Waals surface area (Å²) in [6.07, 6.45) is 1.46. The summed E-state index contributed by atoms with van der Waals surface area (Å²) >= 11 is 0. The number of hydrogen-bond acceptors (Lipinski definition) is 11. The third kappa shape index (κ3) is 3.71. The van der Waals surface area contributed by atoms with Crippen molar-refractivity contribution in [1.82, 2.24) is 34.9 Å². The predicted molar refractivity (Wildman–Crippen MR) is 164 cm³/mol. The Balaban J connectivity index is 1.60. The number of nitrogen functional groups attached to an aromatic ring is 1. The van der Waals surface area contributed by atoms with Crippen LogP contribution in [0.3, 0.4) is 0 Å². The summed E-state index contributed by atoms with van der Waals surface area (Å²) in [6.45, 7) is 0. The van der Waals surface area contributed by atoms with Crippen LogP contribution in [0.2, 0.25) is 0 Å². The van der Waals surface area contributed by atoms with E-state index in [0.717, 1.165) is 0 Å². The van der Waals surface area contributed by atoms with Gasteiger partial charge in [0, 0.05) is 28.1 Å². The second kappa shape index (κ2) is 9.22. The van der Waals surface area contributed by atoms with Crippen molar-refractivity contribution < 1.29 is 20.4 Å². The highest BCUT2D eigenvalue weighted by Crippen LogP contribution is 2.42. The predicted octanol–water partition coefficient (Wildman–Crippen LogP) is 5.35. The Kier molecular flexibility index (Phi) is 5.28. The number of H-pyrrole nitrogens is 1. The number of phenolic OH excluding ortho intramolecular Hbond substituents is 4. The molecule has 6 bridgehead atoms. The lowest BCUT2D eigenvalue weighted by Gasteiger charge is -2.02. The topological polar surface area (TPSA) is 200 Å². The molecule has 2 aliphatic heterocycles. The monoisotopic (exact) mass is 580 g/mol. The molecular formula is C32H20N8O4. The lowest BCUT2D eigenvalue weighted by atomic mass is 10.1. The molecule has 0 saturated heterocycles. The summed E-state index contributed by atoms with van der Waals surface area (Å²) in [5, 5.41) is 44.9. The molecule has 0 amide bonds. The zero-order valence-electron chi connectivity index (χ0n) is 22.6. The van der Waals surface area contributed by atoms with Crippen LogP contribution in [0.1, 0.15) is 0 Å². The zero-order valence-corrected chi connectivity index (χ0v) is 22.6. The van der Waals surface area contributed by atoms with Crippen LogP contribution in [-0.4, -0.2) is 55.3 Å². The highest BCUT2D eigenvalue weighted by Gasteiger charge is 2.25. The molecule has 0 spiro atoms. The van der Waals surface area contributed by atoms with Crippen LogP contribution in [0, 0.1) is 0 Å². The normalized spacial score (nSPS) is 11.6. The van der Waals surface area contributed by atoms with Crippen molar-refractivity contribution in [3.63, 3.8) is 0 Å². The van der Waals surface area contributed by atoms with Crippen molar-refractivity contribution >= 4 is 38.7 Å². The Hall–Kier alpha value is -6.56. The van der Waals surface area contributed by atoms with Gasteiger partial charge in [0.15, 0.2) is 23.3 Å². The minimum Gasteiger partial charge on any atom is -0.507 e. The molecule has 0 atom stereocenters. The molecule has 0 fully saturated rings. The van der Waals surface area contributed by atoms with E-state index in [-0.39, 0.29) is 63.1 Å². The smallest absolute Gasteiger partial charge is 0.168 e. The second-order valence-electron chi connectivity index (χ2n) is 10.2. The average Bonchev–Trinajstić information content (AvgIpc) is 3.65. The summed E-state index contributed by atoms with van der Waals surface area (Å²) in [7, 11) is 0. The van der Waals surface area contributed by atoms with Crippen molar-refractivity contribution in [2.24, 2.45) is 0 Å². The first-order chi connectivity index (χ1) is 21.4. The summed E-state index contributed by atoms with van der Waals surface area (Å²) in [5.41, 5.74) is 8.76. The van der Waals surface area contributed by atoms with E-state index in [1.165, 1.54) is 30.5 Å². The maximum absolute atomic E-state index is 10.9. The molecule has 7 N–H and O–H groups in total. The molecule has 8 rings (SSSR count). The van der Waals surface area contributed by atoms with Crippen molar-refractivity contribution in [2.45, 2.75) is 0 Å². The lowest BCUT2D eigenvalue weighted by molar-refractivity contribution is 0.477. The lowest BCUT2D eigenvalue weighted by Crippen LogP contribution is -1.92. The molecular weight excluding hydrogens is 560 g/mol. The van der Waals surface area contributed by atoms with Crippen molar-refractivity contribution in [3.8, 4) is 68.5 Å². The van der Waals surface area contributed by atoms with Crippen LogP contribution in [0.25, 0.3) is 78.4 Å². The Labute approximate surface area is 247 Å². The fraction of sp³-hybridized carbons (Fsp3) is 0. The summed E-state index contributed by atoms with van der Waals surface area (Å²) in [6, 6.07) is 19.6. The molecule has 4 aromatic carbocycles. The molecule has 2 aromatic heterocycles. The molecule has 12 nitrogen and oxygen atoms in total. The number of fused-ring (bicyclic) bond motifs is 16. The number of anilines is 1. The van der Waals surface area contributed by atoms with Gasteiger partial charge in [-0.3, -0.25) is 0 Å². The second-order valence-corrected chi connectivity index (χ2v) is 10.2. The van der Waals surface area contributed by atoms with E-state index in [9.17, 15) is 20.4 Å². The van der Waals surface area contributed by atoms with Crippen LogP contribution in [0.5, 0.6) is 23.0 Å². The third-order valence-corrected chi connectivity index (χ3v) is 7.53. The number of nitrogens with one attached hydrogen (secondary N) is 1. The summed E-state index contributed by atoms with van der Waals surface area (Å²) < 4.78 is 0. The van der Waals surface area contributed by atoms with E-state index in [1.807, 2.05) is 0 Å². The number of rotatable bonds is 0. The zero-order chi connectivity index (χ0) is 30.1. The van der Waals surface area contributed by atoms with Gasteiger partial charge in [0.25, 0.3) is 0 Å². The number of nitrogens with zero attached hydrogens (tertiary/aromatic N) is 6. The quantitative estimate of drug-likeness (QED) is 0.135. The molecule has 4 heterocycles. The molecule has 212 valence electrons. The average molecular weight is 581 g/mol. The van der Waals surface area contributed by atoms with E-state index in [4.69, 9.17) is 15.7 Å². The fourth-order valence-corrected chi connectivity index (χ4v) is 5.56. The Morgan fingerprint density at radius 2 is 1.09 bits per heavy atom. The standard InChI is InChI=1S/C32H20N8O4/c33-26-22-14(5-1-9-18(22)41)13-34-30-23-15(6-2-10-19(23)42)28(36-30)38-32-25-17(8-4-12-21(25)44)29(40-32)39-31-24-16(27(35-26)37-31)7-3-11-20(24)43/h1-13,41-44H,(H3,33,34,35,36,37,38,39,40). The van der Waals surface area contributed by atoms with E-state index in [1.54, 1.807) is 48.5 Å². The first-order valence-corrected chi connectivity index (χ1v) is 13.4. The number of phenols is 4. The van der Waals surface area contributed by atoms with Crippen LogP contribution in [0.4, 0.5) is 5.82 Å². The van der Waals surface area contributed by atoms with Crippen molar-refractivity contribution in [3.05, 3.63) is 79.0 Å². The number of aromatic amines is 1. The first kappa shape index (κ1) is 25.2. The summed E-state index contributed by atoms with van der Waals surface area (Å²) in [5.74, 6) is 0.386. The minimum absolute atomic E-state index is 0.0389. The van der Waals surface area contributed by atoms with Gasteiger partial charge in [-0.15, -0.1) is 0 Å². The number of aromatic nitrogens is 7. The van der Waals surface area contributed by atoms with E-state index in [0.29, 0.717) is 44.1 Å². The number of hydrogen-bond donors (Lipinski definition) is 6. The van der Waals surface area contributed by atoms with Crippen LogP contribution < -0.4 is 5.73 Å². The fourth-order valence-electron chi connectivity index (χ4n) is 5.56. The molecule has 0 aliphatic carbocycles. The van der Waals surface area contributed by atoms with Gasteiger partial charge in [-0.25, -0.2) is 29.9 Å². The van der Waals surface area contributed by atoms with Gasteiger partial charge in [0.2, 0.25) is 0 Å². The molecule has 6 aromatic rings. The van der Waals surface area contributed by atoms with Crippen LogP contribution >= 0.6 is 0 Å². The SMILES string of the molecule is Nc1nc2nc(nc3[nH]c(nc4nc(ncc5cccc(O)c15)-c1c(O)cccc1-4)c1c(O)cccc31)-c1c(O)cccc1-2. The maximum atomic E-state index is 10.9. The maximum Gasteiger partial charge on any atom is 0.168 e. The van der Waals surface area contributed by atoms with E-state index < -0.39 is 0 Å². The number of benzene rings is 4. The highest BCUT2D eigenvalue weighted by molar-refractivity contribution is 6.08. The minimum atomic E-state index is -0.138. The van der Waals surface area contributed by atoms with Gasteiger partial charge in [-0.05, 0) is 24.3 Å². The Morgan fingerprint density at radius 1 is 0.523 bits per heavy atom. The van der Waals surface area contributed by atoms with Crippen molar-refractivity contribution in [2.75, 3.05) is 5.73 Å². The van der Waals surface area contributed by atoms with E-state index >= 15 is 0 Å². The third-order valence-electron chi connectivity index (χ3n) is 7.53. The number of aromatic hydroxyl groups is 4. The largest absolute Gasteiger partial charge is 0.507 e. The number of nitrogens with two attached hydrogens (primary N) is 1. The molecule has 0 saturated carbocycles. The molecule has 12 heteroatoms.